The van der Waals surface area contributed by atoms with Crippen LogP contribution in [-0.2, 0) is 0 Å². The van der Waals surface area contributed by atoms with Gasteiger partial charge in [-0.05, 0) is 30.7 Å². The average Bonchev–Trinajstić information content (AvgIpc) is 3.05. The molecule has 4 rings (SSSR count). The number of benzene rings is 1. The molecule has 2 aliphatic heterocycles. The highest BCUT2D eigenvalue weighted by molar-refractivity contribution is 7.99. The van der Waals surface area contributed by atoms with E-state index in [-0.39, 0.29) is 5.91 Å². The zero-order valence-corrected chi connectivity index (χ0v) is 14.1. The van der Waals surface area contributed by atoms with Gasteiger partial charge in [-0.15, -0.1) is 11.8 Å². The van der Waals surface area contributed by atoms with E-state index >= 15 is 0 Å². The van der Waals surface area contributed by atoms with Crippen LogP contribution in [0.15, 0.2) is 41.0 Å². The van der Waals surface area contributed by atoms with Crippen LogP contribution in [0.25, 0.3) is 0 Å². The third-order valence-electron chi connectivity index (χ3n) is 4.29. The summed E-state index contributed by atoms with van der Waals surface area (Å²) in [5.41, 5.74) is 0.591. The normalized spacial score (nSPS) is 20.5. The number of fused-ring (bicyclic) bond motifs is 1. The van der Waals surface area contributed by atoms with Crippen molar-refractivity contribution in [1.29, 1.82) is 0 Å². The molecule has 0 unspecified atom stereocenters. The van der Waals surface area contributed by atoms with E-state index in [4.69, 9.17) is 13.9 Å². The van der Waals surface area contributed by atoms with E-state index in [0.717, 1.165) is 24.5 Å². The first-order valence-electron chi connectivity index (χ1n) is 8.16. The number of hydrogen-bond donors (Lipinski definition) is 0. The van der Waals surface area contributed by atoms with E-state index < -0.39 is 0 Å². The number of carbonyl (C=O) groups is 1. The summed E-state index contributed by atoms with van der Waals surface area (Å²) in [4.78, 5) is 14.9. The van der Waals surface area contributed by atoms with Gasteiger partial charge < -0.3 is 18.8 Å². The van der Waals surface area contributed by atoms with E-state index in [2.05, 4.69) is 0 Å². The predicted molar refractivity (Wildman–Crippen MR) is 91.9 cm³/mol. The van der Waals surface area contributed by atoms with Crippen molar-refractivity contribution in [3.8, 4) is 11.5 Å². The summed E-state index contributed by atoms with van der Waals surface area (Å²) in [5.74, 6) is 3.13. The van der Waals surface area contributed by atoms with Gasteiger partial charge in [0.05, 0.1) is 17.1 Å². The molecule has 3 heterocycles. The molecule has 2 aromatic rings. The van der Waals surface area contributed by atoms with Crippen LogP contribution in [-0.4, -0.2) is 42.9 Å². The average molecular weight is 345 g/mol. The standard InChI is InChI=1S/C18H19NO4S/c20-18(13-3-1-4-15-17(13)23-11-10-22-15)19-7-6-16(24-12-8-19)14-5-2-9-21-14/h1-5,9,16H,6-8,10-12H2/t16-/m0/s1. The molecule has 6 heteroatoms. The molecule has 1 amide bonds. The van der Waals surface area contributed by atoms with Gasteiger partial charge in [-0.3, -0.25) is 4.79 Å². The van der Waals surface area contributed by atoms with Gasteiger partial charge in [0.2, 0.25) is 0 Å². The number of para-hydroxylation sites is 1. The minimum absolute atomic E-state index is 0.0121. The van der Waals surface area contributed by atoms with Crippen molar-refractivity contribution in [1.82, 2.24) is 4.90 Å². The highest BCUT2D eigenvalue weighted by Crippen LogP contribution is 2.37. The van der Waals surface area contributed by atoms with Crippen molar-refractivity contribution in [2.45, 2.75) is 11.7 Å². The third kappa shape index (κ3) is 2.98. The van der Waals surface area contributed by atoms with Gasteiger partial charge in [-0.2, -0.15) is 0 Å². The summed E-state index contributed by atoms with van der Waals surface area (Å²) in [6.07, 6.45) is 2.59. The second-order valence-electron chi connectivity index (χ2n) is 5.79. The molecule has 0 N–H and O–H groups in total. The van der Waals surface area contributed by atoms with Gasteiger partial charge in [-0.25, -0.2) is 0 Å². The van der Waals surface area contributed by atoms with Gasteiger partial charge >= 0.3 is 0 Å². The molecule has 0 saturated carbocycles. The Morgan fingerprint density at radius 1 is 1.12 bits per heavy atom. The summed E-state index contributed by atoms with van der Waals surface area (Å²) < 4.78 is 16.8. The summed E-state index contributed by atoms with van der Waals surface area (Å²) >= 11 is 1.84. The van der Waals surface area contributed by atoms with Crippen LogP contribution in [0.4, 0.5) is 0 Å². The Hall–Kier alpha value is -2.08. The van der Waals surface area contributed by atoms with Gasteiger partial charge in [0.25, 0.3) is 5.91 Å². The highest BCUT2D eigenvalue weighted by Gasteiger charge is 2.27. The first-order chi connectivity index (χ1) is 11.8. The monoisotopic (exact) mass is 345 g/mol. The second-order valence-corrected chi connectivity index (χ2v) is 7.10. The molecule has 0 bridgehead atoms. The first-order valence-corrected chi connectivity index (χ1v) is 9.21. The SMILES string of the molecule is O=C(c1cccc2c1OCCO2)N1CCS[C@H](c2ccco2)CC1. The Balaban J connectivity index is 1.51. The van der Waals surface area contributed by atoms with Crippen molar-refractivity contribution in [3.05, 3.63) is 47.9 Å². The maximum absolute atomic E-state index is 13.0. The third-order valence-corrected chi connectivity index (χ3v) is 5.57. The zero-order chi connectivity index (χ0) is 16.4. The van der Waals surface area contributed by atoms with Crippen LogP contribution < -0.4 is 9.47 Å². The van der Waals surface area contributed by atoms with E-state index in [1.54, 1.807) is 6.26 Å². The molecule has 0 aliphatic carbocycles. The Labute approximate surface area is 144 Å². The fourth-order valence-corrected chi connectivity index (χ4v) is 4.27. The molecule has 0 spiro atoms. The summed E-state index contributed by atoms with van der Waals surface area (Å²) in [6, 6.07) is 9.43. The molecule has 2 aliphatic rings. The number of hydrogen-bond acceptors (Lipinski definition) is 5. The van der Waals surface area contributed by atoms with Crippen LogP contribution in [0, 0.1) is 0 Å². The molecule has 1 aromatic carbocycles. The van der Waals surface area contributed by atoms with Crippen molar-refractivity contribution < 1.29 is 18.7 Å². The molecule has 1 fully saturated rings. The van der Waals surface area contributed by atoms with Crippen LogP contribution in [0.3, 0.4) is 0 Å². The maximum Gasteiger partial charge on any atom is 0.257 e. The molecule has 5 nitrogen and oxygen atoms in total. The van der Waals surface area contributed by atoms with E-state index in [1.807, 2.05) is 47.0 Å². The Bertz CT molecular complexity index is 716. The quantitative estimate of drug-likeness (QED) is 0.835. The van der Waals surface area contributed by atoms with Gasteiger partial charge in [0.1, 0.15) is 19.0 Å². The summed E-state index contributed by atoms with van der Waals surface area (Å²) in [6.45, 7) is 2.44. The van der Waals surface area contributed by atoms with E-state index in [0.29, 0.717) is 42.1 Å². The number of ether oxygens (including phenoxy) is 2. The molecule has 24 heavy (non-hydrogen) atoms. The summed E-state index contributed by atoms with van der Waals surface area (Å²) in [7, 11) is 0. The number of furan rings is 1. The number of nitrogens with zero attached hydrogens (tertiary/aromatic N) is 1. The smallest absolute Gasteiger partial charge is 0.257 e. The lowest BCUT2D eigenvalue weighted by Crippen LogP contribution is -2.33. The Kier molecular flexibility index (Phi) is 4.38. The minimum atomic E-state index is 0.0121. The van der Waals surface area contributed by atoms with Crippen molar-refractivity contribution >= 4 is 17.7 Å². The topological polar surface area (TPSA) is 51.9 Å². The number of carbonyl (C=O) groups excluding carboxylic acids is 1. The van der Waals surface area contributed by atoms with E-state index in [1.165, 1.54) is 0 Å². The van der Waals surface area contributed by atoms with Gasteiger partial charge in [-0.1, -0.05) is 6.07 Å². The lowest BCUT2D eigenvalue weighted by atomic mass is 10.1. The van der Waals surface area contributed by atoms with Crippen molar-refractivity contribution in [2.75, 3.05) is 32.1 Å². The van der Waals surface area contributed by atoms with Gasteiger partial charge in [0, 0.05) is 18.8 Å². The summed E-state index contributed by atoms with van der Waals surface area (Å²) in [5, 5.41) is 0.307. The maximum atomic E-state index is 13.0. The minimum Gasteiger partial charge on any atom is -0.486 e. The molecule has 1 aromatic heterocycles. The molecule has 1 saturated heterocycles. The lowest BCUT2D eigenvalue weighted by Gasteiger charge is -2.24. The number of amides is 1. The molecular formula is C18H19NO4S. The molecular weight excluding hydrogens is 326 g/mol. The molecule has 1 atom stereocenters. The second kappa shape index (κ2) is 6.81. The lowest BCUT2D eigenvalue weighted by molar-refractivity contribution is 0.0755. The number of thioether (sulfide) groups is 1. The van der Waals surface area contributed by atoms with Crippen LogP contribution in [0.2, 0.25) is 0 Å². The van der Waals surface area contributed by atoms with Crippen molar-refractivity contribution in [3.63, 3.8) is 0 Å². The predicted octanol–water partition coefficient (Wildman–Crippen LogP) is 3.37. The van der Waals surface area contributed by atoms with Gasteiger partial charge in [0.15, 0.2) is 11.5 Å². The van der Waals surface area contributed by atoms with Crippen LogP contribution >= 0.6 is 11.8 Å². The fraction of sp³-hybridized carbons (Fsp3) is 0.389. The number of rotatable bonds is 2. The molecule has 0 radical (unpaired) electrons. The largest absolute Gasteiger partial charge is 0.486 e. The Morgan fingerprint density at radius 2 is 2.04 bits per heavy atom. The highest BCUT2D eigenvalue weighted by atomic mass is 32.2. The van der Waals surface area contributed by atoms with E-state index in [9.17, 15) is 4.79 Å². The zero-order valence-electron chi connectivity index (χ0n) is 13.3. The fourth-order valence-electron chi connectivity index (χ4n) is 3.09. The van der Waals surface area contributed by atoms with Crippen LogP contribution in [0.1, 0.15) is 27.8 Å². The van der Waals surface area contributed by atoms with Crippen molar-refractivity contribution in [2.24, 2.45) is 0 Å². The Morgan fingerprint density at radius 3 is 2.92 bits per heavy atom. The first kappa shape index (κ1) is 15.4. The molecule has 126 valence electrons. The van der Waals surface area contributed by atoms with Crippen LogP contribution in [0.5, 0.6) is 11.5 Å².